The number of benzene rings is 1. The van der Waals surface area contributed by atoms with Crippen LogP contribution in [0.1, 0.15) is 11.1 Å². The molecule has 0 aliphatic rings. The predicted octanol–water partition coefficient (Wildman–Crippen LogP) is 3.91. The summed E-state index contributed by atoms with van der Waals surface area (Å²) in [5.41, 5.74) is 2.01. The zero-order chi connectivity index (χ0) is 21.1. The molecule has 0 N–H and O–H groups in total. The molecule has 0 spiro atoms. The molecular formula is C22H14Fe2O4-8. The molecule has 0 radical (unpaired) electrons. The van der Waals surface area contributed by atoms with Crippen LogP contribution in [0.2, 0.25) is 0 Å². The van der Waals surface area contributed by atoms with Gasteiger partial charge in [0.05, 0.1) is 0 Å². The predicted molar refractivity (Wildman–Crippen MR) is 90.5 cm³/mol. The zero-order valence-electron chi connectivity index (χ0n) is 14.5. The second kappa shape index (κ2) is 44.3. The van der Waals surface area contributed by atoms with E-state index < -0.39 is 0 Å². The second-order valence-electron chi connectivity index (χ2n) is 3.41. The summed E-state index contributed by atoms with van der Waals surface area (Å²) in [5, 5.41) is 0. The van der Waals surface area contributed by atoms with Crippen LogP contribution in [0.3, 0.4) is 0 Å². The van der Waals surface area contributed by atoms with Gasteiger partial charge in [-0.05, 0) is 0 Å². The van der Waals surface area contributed by atoms with Gasteiger partial charge in [0.25, 0.3) is 0 Å². The first-order valence-electron chi connectivity index (χ1n) is 6.34. The van der Waals surface area contributed by atoms with Crippen molar-refractivity contribution in [2.75, 3.05) is 0 Å². The van der Waals surface area contributed by atoms with Crippen LogP contribution < -0.4 is 0 Å². The molecule has 3 rings (SSSR count). The Morgan fingerprint density at radius 1 is 0.643 bits per heavy atom. The third kappa shape index (κ3) is 34.9. The van der Waals surface area contributed by atoms with Crippen molar-refractivity contribution in [2.24, 2.45) is 0 Å². The van der Waals surface area contributed by atoms with E-state index in [1.165, 1.54) is 0 Å². The van der Waals surface area contributed by atoms with Crippen molar-refractivity contribution in [3.05, 3.63) is 137 Å². The summed E-state index contributed by atoms with van der Waals surface area (Å²) < 4.78 is 30.0. The molecule has 28 heavy (non-hydrogen) atoms. The van der Waals surface area contributed by atoms with E-state index in [1.54, 1.807) is 6.07 Å². The average Bonchev–Trinajstić information content (AvgIpc) is 3.49. The maximum atomic E-state index is 7.50. The molecule has 0 aliphatic heterocycles. The fraction of sp³-hybridized carbons (Fsp3) is 0. The van der Waals surface area contributed by atoms with Crippen LogP contribution >= 0.6 is 0 Å². The van der Waals surface area contributed by atoms with E-state index in [0.717, 1.165) is 11.1 Å². The van der Waals surface area contributed by atoms with Crippen LogP contribution in [-0.4, -0.2) is 0 Å². The Bertz CT molecular complexity index is 547. The van der Waals surface area contributed by atoms with Gasteiger partial charge in [0.1, 0.15) is 0 Å². The van der Waals surface area contributed by atoms with E-state index >= 15 is 0 Å². The Morgan fingerprint density at radius 3 is 1.11 bits per heavy atom. The molecule has 3 aromatic rings. The normalized spacial score (nSPS) is 5.71. The molecule has 0 heterocycles. The SMILES string of the molecule is [C-]#[O+].[C-]#[O+].[C-]#[O+].[C-]#[O+].[CH2-]c1ccccc1[CH2-].[Fe].[Fe].[c-]1[c-][c-][cH-][c-]1.c1cc[cH-]c1. The Kier molecular flexibility index (Phi) is 63.8. The summed E-state index contributed by atoms with van der Waals surface area (Å²) in [6.07, 6.45) is 0. The topological polar surface area (TPSA) is 79.6 Å². The van der Waals surface area contributed by atoms with Crippen molar-refractivity contribution < 1.29 is 52.7 Å². The Morgan fingerprint density at radius 2 is 0.964 bits per heavy atom. The van der Waals surface area contributed by atoms with E-state index in [0.29, 0.717) is 0 Å². The minimum atomic E-state index is 0. The van der Waals surface area contributed by atoms with Gasteiger partial charge in [-0.3, -0.25) is 25.0 Å². The summed E-state index contributed by atoms with van der Waals surface area (Å²) in [5.74, 6) is 0. The molecule has 0 saturated heterocycles. The minimum absolute atomic E-state index is 0. The maximum absolute atomic E-state index is 7.50. The van der Waals surface area contributed by atoms with Crippen molar-refractivity contribution in [3.63, 3.8) is 0 Å². The number of hydrogen-bond donors (Lipinski definition) is 0. The third-order valence-electron chi connectivity index (χ3n) is 2.03. The van der Waals surface area contributed by atoms with Gasteiger partial charge in [-0.2, -0.15) is 18.2 Å². The Labute approximate surface area is 188 Å². The van der Waals surface area contributed by atoms with Gasteiger partial charge in [0.2, 0.25) is 0 Å². The van der Waals surface area contributed by atoms with Crippen LogP contribution in [0.4, 0.5) is 0 Å². The van der Waals surface area contributed by atoms with Crippen LogP contribution in [0, 0.1) is 64.7 Å². The molecule has 0 aliphatic carbocycles. The molecule has 150 valence electrons. The van der Waals surface area contributed by atoms with E-state index in [-0.39, 0.29) is 34.1 Å². The summed E-state index contributed by atoms with van der Waals surface area (Å²) in [7, 11) is 0. The van der Waals surface area contributed by atoms with Crippen molar-refractivity contribution in [1.29, 1.82) is 0 Å². The number of hydrogen-bond acceptors (Lipinski definition) is 0. The van der Waals surface area contributed by atoms with Gasteiger partial charge in [-0.15, -0.1) is 12.1 Å². The number of rotatable bonds is 0. The van der Waals surface area contributed by atoms with E-state index in [1.807, 2.05) is 54.6 Å². The third-order valence-corrected chi connectivity index (χ3v) is 2.03. The van der Waals surface area contributed by atoms with Gasteiger partial charge in [-0.25, -0.2) is 24.3 Å². The molecular weight excluding hydrogens is 440 g/mol. The molecule has 0 fully saturated rings. The van der Waals surface area contributed by atoms with Crippen LogP contribution in [0.15, 0.2) is 60.7 Å². The average molecular weight is 454 g/mol. The van der Waals surface area contributed by atoms with Crippen molar-refractivity contribution in [1.82, 2.24) is 0 Å². The Hall–Kier alpha value is -2.34. The summed E-state index contributed by atoms with van der Waals surface area (Å²) in [6, 6.07) is 29.8. The second-order valence-corrected chi connectivity index (χ2v) is 3.41. The molecule has 0 aromatic heterocycles. The van der Waals surface area contributed by atoms with E-state index in [2.05, 4.69) is 64.7 Å². The minimum Gasteiger partial charge on any atom is -0.999 e. The summed E-state index contributed by atoms with van der Waals surface area (Å²) >= 11 is 0. The van der Waals surface area contributed by atoms with E-state index in [4.69, 9.17) is 18.6 Å². The van der Waals surface area contributed by atoms with Crippen LogP contribution in [0.5, 0.6) is 0 Å². The van der Waals surface area contributed by atoms with Crippen molar-refractivity contribution in [2.45, 2.75) is 0 Å². The largest absolute Gasteiger partial charge is 0.999 e. The van der Waals surface area contributed by atoms with Crippen molar-refractivity contribution in [3.8, 4) is 0 Å². The molecule has 0 unspecified atom stereocenters. The zero-order valence-corrected chi connectivity index (χ0v) is 16.7. The van der Waals surface area contributed by atoms with Gasteiger partial charge in [0.15, 0.2) is 0 Å². The van der Waals surface area contributed by atoms with Crippen molar-refractivity contribution >= 4 is 0 Å². The fourth-order valence-corrected chi connectivity index (χ4v) is 1.06. The van der Waals surface area contributed by atoms with Gasteiger partial charge in [-0.1, -0.05) is 0 Å². The molecule has 0 bridgehead atoms. The molecule has 4 nitrogen and oxygen atoms in total. The monoisotopic (exact) mass is 454 g/mol. The molecule has 0 atom stereocenters. The maximum Gasteiger partial charge on any atom is 0 e. The molecule has 6 heteroatoms. The summed E-state index contributed by atoms with van der Waals surface area (Å²) in [6.45, 7) is 25.5. The van der Waals surface area contributed by atoms with Gasteiger partial charge in [0, 0.05) is 34.1 Å². The summed E-state index contributed by atoms with van der Waals surface area (Å²) in [4.78, 5) is 0. The molecule has 0 amide bonds. The first-order chi connectivity index (χ1) is 12.8. The van der Waals surface area contributed by atoms with Crippen LogP contribution in [0.25, 0.3) is 0 Å². The Balaban J connectivity index is -0.0000000544. The smallest absolute Gasteiger partial charge is 0 e. The van der Waals surface area contributed by atoms with Gasteiger partial charge >= 0.3 is 45.2 Å². The fourth-order valence-electron chi connectivity index (χ4n) is 1.06. The standard InChI is InChI=1S/C8H8.C5H5.C5H.4CO.2Fe/c1-7-5-3-4-6-8(7)2;2*1-2-4-5-3-1;4*1-2;;/h3-6H,1-2H2;1-5H;1H;;;;;;/q-2;-1;-5;;;;;;. The first kappa shape index (κ1) is 40.4. The van der Waals surface area contributed by atoms with E-state index in [9.17, 15) is 0 Å². The molecule has 3 aromatic carbocycles. The molecule has 0 saturated carbocycles. The quantitative estimate of drug-likeness (QED) is 0.281. The van der Waals surface area contributed by atoms with Crippen LogP contribution in [-0.2, 0) is 52.7 Å². The first-order valence-corrected chi connectivity index (χ1v) is 6.34. The van der Waals surface area contributed by atoms with Gasteiger partial charge < -0.3 is 30.3 Å².